The Morgan fingerprint density at radius 1 is 1.42 bits per heavy atom. The van der Waals surface area contributed by atoms with Crippen molar-refractivity contribution in [3.05, 3.63) is 24.3 Å². The molecule has 6 nitrogen and oxygen atoms in total. The van der Waals surface area contributed by atoms with Crippen LogP contribution in [0.3, 0.4) is 0 Å². The minimum absolute atomic E-state index is 0.0738. The first kappa shape index (κ1) is 18.8. The number of aliphatic hydroxyl groups excluding tert-OH is 1. The second kappa shape index (κ2) is 6.34. The number of hydrogen-bond donors (Lipinski definition) is 1. The molecular formula is C20H26O6. The van der Waals surface area contributed by atoms with E-state index in [1.165, 1.54) is 6.92 Å². The largest absolute Gasteiger partial charge is 0.462 e. The van der Waals surface area contributed by atoms with Gasteiger partial charge in [0.15, 0.2) is 5.78 Å². The normalized spacial score (nSPS) is 42.5. The van der Waals surface area contributed by atoms with Gasteiger partial charge in [-0.05, 0) is 38.2 Å². The fourth-order valence-corrected chi connectivity index (χ4v) is 4.80. The van der Waals surface area contributed by atoms with Crippen LogP contribution in [-0.2, 0) is 23.9 Å². The molecule has 1 N–H and O–H groups in total. The number of aliphatic hydroxyl groups is 1. The Morgan fingerprint density at radius 3 is 2.69 bits per heavy atom. The highest BCUT2D eigenvalue weighted by atomic mass is 16.6. The van der Waals surface area contributed by atoms with Crippen LogP contribution in [0.25, 0.3) is 0 Å². The van der Waals surface area contributed by atoms with E-state index in [4.69, 9.17) is 9.47 Å². The first-order valence-corrected chi connectivity index (χ1v) is 9.10. The first-order valence-electron chi connectivity index (χ1n) is 9.10. The summed E-state index contributed by atoms with van der Waals surface area (Å²) in [6, 6.07) is 0. The summed E-state index contributed by atoms with van der Waals surface area (Å²) >= 11 is 0. The summed E-state index contributed by atoms with van der Waals surface area (Å²) in [5.41, 5.74) is -1.04. The summed E-state index contributed by atoms with van der Waals surface area (Å²) in [5, 5.41) is 9.65. The molecule has 6 heteroatoms. The lowest BCUT2D eigenvalue weighted by atomic mass is 9.66. The van der Waals surface area contributed by atoms with Gasteiger partial charge in [-0.25, -0.2) is 4.79 Å². The summed E-state index contributed by atoms with van der Waals surface area (Å²) in [4.78, 5) is 37.5. The number of carbonyl (C=O) groups excluding carboxylic acids is 3. The zero-order valence-electron chi connectivity index (χ0n) is 15.6. The molecule has 1 saturated heterocycles. The van der Waals surface area contributed by atoms with Crippen LogP contribution in [0.1, 0.15) is 34.1 Å². The zero-order valence-corrected chi connectivity index (χ0v) is 15.6. The van der Waals surface area contributed by atoms with Gasteiger partial charge in [-0.15, -0.1) is 0 Å². The third-order valence-electron chi connectivity index (χ3n) is 6.48. The molecule has 0 amide bonds. The van der Waals surface area contributed by atoms with Crippen molar-refractivity contribution in [2.45, 2.75) is 52.4 Å². The van der Waals surface area contributed by atoms with Crippen molar-refractivity contribution in [1.82, 2.24) is 0 Å². The van der Waals surface area contributed by atoms with E-state index >= 15 is 0 Å². The maximum atomic E-state index is 12.8. The molecule has 3 rings (SSSR count). The van der Waals surface area contributed by atoms with Crippen LogP contribution >= 0.6 is 0 Å². The summed E-state index contributed by atoms with van der Waals surface area (Å²) in [7, 11) is 0. The second-order valence-electron chi connectivity index (χ2n) is 8.11. The van der Waals surface area contributed by atoms with Gasteiger partial charge in [-0.3, -0.25) is 9.59 Å². The Balaban J connectivity index is 2.05. The molecule has 8 atom stereocenters. The van der Waals surface area contributed by atoms with Gasteiger partial charge in [-0.2, -0.15) is 0 Å². The van der Waals surface area contributed by atoms with E-state index in [1.54, 1.807) is 19.9 Å². The van der Waals surface area contributed by atoms with Crippen molar-refractivity contribution in [2.75, 3.05) is 0 Å². The highest BCUT2D eigenvalue weighted by molar-refractivity contribution is 5.99. The standard InChI is InChI=1S/C20H26O6/c1-9-8-14-16(11(3)19(24)25-14)17(26-18(23)10(2)12(4)21)20(5)13(9)6-7-15(20)22/h6-7,9,11-14,16-17,21H,2,8H2,1,3-5H3/t9-,11-,12-,13+,14-,16-,17+,20+/m1/s1. The fraction of sp³-hybridized carbons (Fsp3) is 0.650. The minimum atomic E-state index is -1.05. The molecule has 0 aromatic heterocycles. The monoisotopic (exact) mass is 362 g/mol. The highest BCUT2D eigenvalue weighted by Crippen LogP contribution is 2.54. The molecule has 26 heavy (non-hydrogen) atoms. The van der Waals surface area contributed by atoms with Crippen LogP contribution < -0.4 is 0 Å². The number of rotatable bonds is 3. The van der Waals surface area contributed by atoms with Crippen molar-refractivity contribution in [2.24, 2.45) is 29.1 Å². The number of esters is 2. The summed E-state index contributed by atoms with van der Waals surface area (Å²) in [6.45, 7) is 10.6. The fourth-order valence-electron chi connectivity index (χ4n) is 4.80. The van der Waals surface area contributed by atoms with E-state index in [0.717, 1.165) is 0 Å². The van der Waals surface area contributed by atoms with E-state index in [2.05, 4.69) is 6.58 Å². The van der Waals surface area contributed by atoms with Crippen LogP contribution in [0.15, 0.2) is 24.3 Å². The molecule has 1 aliphatic heterocycles. The smallest absolute Gasteiger partial charge is 0.336 e. The van der Waals surface area contributed by atoms with Gasteiger partial charge >= 0.3 is 11.9 Å². The van der Waals surface area contributed by atoms with Gasteiger partial charge in [0.1, 0.15) is 12.2 Å². The third kappa shape index (κ3) is 2.62. The Bertz CT molecular complexity index is 692. The van der Waals surface area contributed by atoms with E-state index in [9.17, 15) is 19.5 Å². The average molecular weight is 362 g/mol. The topological polar surface area (TPSA) is 89.9 Å². The molecule has 3 aliphatic rings. The molecule has 0 spiro atoms. The lowest BCUT2D eigenvalue weighted by Crippen LogP contribution is -2.50. The number of carbonyl (C=O) groups is 3. The highest BCUT2D eigenvalue weighted by Gasteiger charge is 2.62. The van der Waals surface area contributed by atoms with E-state index in [1.807, 2.05) is 13.0 Å². The molecular weight excluding hydrogens is 336 g/mol. The SMILES string of the molecule is C=C(C(=O)O[C@H]1[C@H]2[C@@H](C[C@@H](C)[C@@H]3C=CC(=O)[C@]31C)OC(=O)[C@@H]2C)[C@@H](C)O. The van der Waals surface area contributed by atoms with Crippen molar-refractivity contribution in [1.29, 1.82) is 0 Å². The predicted octanol–water partition coefficient (Wildman–Crippen LogP) is 1.81. The van der Waals surface area contributed by atoms with Crippen molar-refractivity contribution >= 4 is 17.7 Å². The predicted molar refractivity (Wildman–Crippen MR) is 92.8 cm³/mol. The molecule has 0 bridgehead atoms. The Kier molecular flexibility index (Phi) is 4.59. The molecule has 0 radical (unpaired) electrons. The van der Waals surface area contributed by atoms with Gasteiger partial charge in [0, 0.05) is 5.92 Å². The van der Waals surface area contributed by atoms with E-state index in [0.29, 0.717) is 6.42 Å². The molecule has 1 saturated carbocycles. The molecule has 0 aromatic rings. The number of ether oxygens (including phenoxy) is 2. The number of ketones is 1. The van der Waals surface area contributed by atoms with Gasteiger partial charge in [0.2, 0.25) is 0 Å². The van der Waals surface area contributed by atoms with Crippen molar-refractivity contribution < 1.29 is 29.0 Å². The van der Waals surface area contributed by atoms with Gasteiger partial charge < -0.3 is 14.6 Å². The summed E-state index contributed by atoms with van der Waals surface area (Å²) < 4.78 is 11.3. The lowest BCUT2D eigenvalue weighted by Gasteiger charge is -2.40. The third-order valence-corrected chi connectivity index (χ3v) is 6.48. The van der Waals surface area contributed by atoms with E-state index < -0.39 is 41.5 Å². The molecule has 1 heterocycles. The molecule has 142 valence electrons. The molecule has 2 fully saturated rings. The van der Waals surface area contributed by atoms with Crippen LogP contribution in [-0.4, -0.2) is 41.1 Å². The van der Waals surface area contributed by atoms with Gasteiger partial charge in [0.05, 0.1) is 23.0 Å². The van der Waals surface area contributed by atoms with Crippen LogP contribution in [0.2, 0.25) is 0 Å². The van der Waals surface area contributed by atoms with Crippen LogP contribution in [0, 0.1) is 29.1 Å². The maximum Gasteiger partial charge on any atom is 0.336 e. The first-order chi connectivity index (χ1) is 12.1. The Labute approximate surface area is 153 Å². The minimum Gasteiger partial charge on any atom is -0.462 e. The van der Waals surface area contributed by atoms with Crippen LogP contribution in [0.4, 0.5) is 0 Å². The molecule has 0 unspecified atom stereocenters. The second-order valence-corrected chi connectivity index (χ2v) is 8.11. The van der Waals surface area contributed by atoms with Crippen molar-refractivity contribution in [3.8, 4) is 0 Å². The zero-order chi connectivity index (χ0) is 19.4. The number of hydrogen-bond acceptors (Lipinski definition) is 6. The van der Waals surface area contributed by atoms with Crippen LogP contribution in [0.5, 0.6) is 0 Å². The summed E-state index contributed by atoms with van der Waals surface area (Å²) in [6.07, 6.45) is 1.77. The maximum absolute atomic E-state index is 12.8. The number of fused-ring (bicyclic) bond motifs is 2. The lowest BCUT2D eigenvalue weighted by molar-refractivity contribution is -0.164. The van der Waals surface area contributed by atoms with Crippen molar-refractivity contribution in [3.63, 3.8) is 0 Å². The molecule has 0 aromatic carbocycles. The van der Waals surface area contributed by atoms with E-state index in [-0.39, 0.29) is 29.2 Å². The Hall–Kier alpha value is -1.95. The van der Waals surface area contributed by atoms with Gasteiger partial charge in [0.25, 0.3) is 0 Å². The quantitative estimate of drug-likeness (QED) is 0.608. The number of allylic oxidation sites excluding steroid dienone is 2. The van der Waals surface area contributed by atoms with Gasteiger partial charge in [-0.1, -0.05) is 26.5 Å². The Morgan fingerprint density at radius 2 is 2.08 bits per heavy atom. The summed E-state index contributed by atoms with van der Waals surface area (Å²) in [5.74, 6) is -2.08. The average Bonchev–Trinajstić information content (AvgIpc) is 2.99. The molecule has 2 aliphatic carbocycles.